The van der Waals surface area contributed by atoms with Gasteiger partial charge in [0.25, 0.3) is 5.91 Å². The molecule has 2 atom stereocenters. The topological polar surface area (TPSA) is 101 Å². The van der Waals surface area contributed by atoms with E-state index in [1.165, 1.54) is 44.9 Å². The molecule has 1 aromatic rings. The van der Waals surface area contributed by atoms with Crippen LogP contribution in [0.25, 0.3) is 0 Å². The number of nitrogens with zero attached hydrogens (tertiary/aromatic N) is 2. The molecule has 2 N–H and O–H groups in total. The zero-order valence-corrected chi connectivity index (χ0v) is 25.7. The van der Waals surface area contributed by atoms with Crippen LogP contribution in [0.3, 0.4) is 0 Å². The summed E-state index contributed by atoms with van der Waals surface area (Å²) in [6.07, 6.45) is 12.3. The van der Waals surface area contributed by atoms with Crippen LogP contribution in [0.15, 0.2) is 18.2 Å². The molecule has 1 heterocycles. The Kier molecular flexibility index (Phi) is 14.0. The van der Waals surface area contributed by atoms with E-state index in [9.17, 15) is 14.7 Å². The molecule has 2 amide bonds. The Labute approximate surface area is 246 Å². The van der Waals surface area contributed by atoms with Crippen LogP contribution in [0.2, 0.25) is 0 Å². The van der Waals surface area contributed by atoms with E-state index in [1.54, 1.807) is 37.3 Å². The van der Waals surface area contributed by atoms with Crippen LogP contribution in [-0.4, -0.2) is 92.6 Å². The maximum absolute atomic E-state index is 13.5. The second kappa shape index (κ2) is 17.4. The first-order valence-corrected chi connectivity index (χ1v) is 15.7. The standard InChI is InChI=1S/C25H39N3O6.C7H14/c1-17(2)27(15-19-13-26-14-20(19)16-28(25(30)31)21-7-8-21)24(29)18-6-9-22(33-4)23(12-18)34-11-5-10-32-3;1-2-4-6-7-5-3-1/h6,9,12,17,19-21,26H,5,7-8,10-11,13-16H2,1-4H3,(H,30,31);1-7H2/t19-,20-;/m0./s1. The molecular weight excluding hydrogens is 522 g/mol. The van der Waals surface area contributed by atoms with Crippen LogP contribution in [0.1, 0.15) is 88.4 Å². The van der Waals surface area contributed by atoms with Crippen molar-refractivity contribution in [3.05, 3.63) is 23.8 Å². The van der Waals surface area contributed by atoms with Gasteiger partial charge in [0.05, 0.1) is 13.7 Å². The Hall–Kier alpha value is -2.52. The molecule has 9 heteroatoms. The number of carboxylic acid groups (broad SMARTS) is 1. The molecule has 1 aromatic carbocycles. The average Bonchev–Trinajstić information content (AvgIpc) is 3.77. The van der Waals surface area contributed by atoms with Crippen molar-refractivity contribution >= 4 is 12.0 Å². The molecule has 0 unspecified atom stereocenters. The predicted molar refractivity (Wildman–Crippen MR) is 161 cm³/mol. The van der Waals surface area contributed by atoms with Crippen LogP contribution >= 0.6 is 0 Å². The van der Waals surface area contributed by atoms with Gasteiger partial charge in [0, 0.05) is 64.0 Å². The molecule has 41 heavy (non-hydrogen) atoms. The lowest BCUT2D eigenvalue weighted by molar-refractivity contribution is 0.0646. The van der Waals surface area contributed by atoms with Gasteiger partial charge in [-0.1, -0.05) is 44.9 Å². The van der Waals surface area contributed by atoms with E-state index in [1.807, 2.05) is 18.7 Å². The van der Waals surface area contributed by atoms with Crippen molar-refractivity contribution in [2.75, 3.05) is 53.6 Å². The molecule has 1 aliphatic heterocycles. The summed E-state index contributed by atoms with van der Waals surface area (Å²) in [6, 6.07) is 5.43. The fourth-order valence-electron chi connectivity index (χ4n) is 5.73. The van der Waals surface area contributed by atoms with Gasteiger partial charge in [-0.2, -0.15) is 0 Å². The molecule has 2 saturated carbocycles. The molecule has 0 bridgehead atoms. The lowest BCUT2D eigenvalue weighted by atomic mass is 9.94. The summed E-state index contributed by atoms with van der Waals surface area (Å²) in [5, 5.41) is 13.0. The molecule has 1 saturated heterocycles. The van der Waals surface area contributed by atoms with E-state index in [-0.39, 0.29) is 29.8 Å². The van der Waals surface area contributed by atoms with Gasteiger partial charge in [0.2, 0.25) is 0 Å². The van der Waals surface area contributed by atoms with Gasteiger partial charge in [-0.3, -0.25) is 4.79 Å². The Morgan fingerprint density at radius 1 is 0.927 bits per heavy atom. The van der Waals surface area contributed by atoms with Crippen LogP contribution in [0.4, 0.5) is 4.79 Å². The van der Waals surface area contributed by atoms with Crippen molar-refractivity contribution in [2.45, 2.75) is 90.1 Å². The first kappa shape index (κ1) is 33.0. The normalized spacial score (nSPS) is 20.5. The summed E-state index contributed by atoms with van der Waals surface area (Å²) in [4.78, 5) is 28.7. The smallest absolute Gasteiger partial charge is 0.407 e. The largest absolute Gasteiger partial charge is 0.493 e. The summed E-state index contributed by atoms with van der Waals surface area (Å²) >= 11 is 0. The Morgan fingerprint density at radius 3 is 2.05 bits per heavy atom. The van der Waals surface area contributed by atoms with E-state index in [0.717, 1.165) is 32.4 Å². The third-order valence-electron chi connectivity index (χ3n) is 8.37. The average molecular weight is 576 g/mol. The zero-order valence-electron chi connectivity index (χ0n) is 25.7. The van der Waals surface area contributed by atoms with E-state index in [4.69, 9.17) is 14.2 Å². The molecule has 0 spiro atoms. The molecule has 232 valence electrons. The molecular formula is C32H53N3O6. The number of rotatable bonds is 13. The van der Waals surface area contributed by atoms with Gasteiger partial charge in [-0.15, -0.1) is 0 Å². The Morgan fingerprint density at radius 2 is 1.54 bits per heavy atom. The van der Waals surface area contributed by atoms with Crippen LogP contribution in [0.5, 0.6) is 11.5 Å². The first-order valence-electron chi connectivity index (χ1n) is 15.7. The fraction of sp³-hybridized carbons (Fsp3) is 0.750. The maximum Gasteiger partial charge on any atom is 0.407 e. The van der Waals surface area contributed by atoms with Crippen molar-refractivity contribution in [1.29, 1.82) is 0 Å². The van der Waals surface area contributed by atoms with E-state index >= 15 is 0 Å². The summed E-state index contributed by atoms with van der Waals surface area (Å²) in [6.45, 7) is 7.70. The highest BCUT2D eigenvalue weighted by Crippen LogP contribution is 2.32. The third kappa shape index (κ3) is 10.7. The summed E-state index contributed by atoms with van der Waals surface area (Å²) in [5.41, 5.74) is 0.545. The SMILES string of the molecule is C1CCCCCC1.COCCCOc1cc(C(=O)N(C[C@@H]2CNC[C@H]2CN(C(=O)O)C2CC2)C(C)C)ccc1OC. The molecule has 3 aliphatic rings. The highest BCUT2D eigenvalue weighted by Gasteiger charge is 2.38. The lowest BCUT2D eigenvalue weighted by Crippen LogP contribution is -2.44. The molecule has 2 aliphatic carbocycles. The van der Waals surface area contributed by atoms with Crippen LogP contribution in [0, 0.1) is 11.8 Å². The van der Waals surface area contributed by atoms with Gasteiger partial charge in [0.15, 0.2) is 11.5 Å². The number of hydrogen-bond acceptors (Lipinski definition) is 6. The Balaban J connectivity index is 0.000000575. The van der Waals surface area contributed by atoms with Gasteiger partial charge >= 0.3 is 6.09 Å². The maximum atomic E-state index is 13.5. The number of amides is 2. The van der Waals surface area contributed by atoms with Crippen molar-refractivity contribution in [2.24, 2.45) is 11.8 Å². The van der Waals surface area contributed by atoms with Gasteiger partial charge in [0.1, 0.15) is 0 Å². The number of methoxy groups -OCH3 is 2. The number of ether oxygens (including phenoxy) is 3. The van der Waals surface area contributed by atoms with E-state index in [2.05, 4.69) is 5.32 Å². The third-order valence-corrected chi connectivity index (χ3v) is 8.37. The quantitative estimate of drug-likeness (QED) is 0.231. The minimum absolute atomic E-state index is 0.000863. The second-order valence-corrected chi connectivity index (χ2v) is 11.9. The predicted octanol–water partition coefficient (Wildman–Crippen LogP) is 5.67. The Bertz CT molecular complexity index is 918. The summed E-state index contributed by atoms with van der Waals surface area (Å²) in [7, 11) is 3.23. The molecule has 0 aromatic heterocycles. The highest BCUT2D eigenvalue weighted by atomic mass is 16.5. The van der Waals surface area contributed by atoms with Crippen LogP contribution < -0.4 is 14.8 Å². The van der Waals surface area contributed by atoms with Crippen molar-refractivity contribution in [3.63, 3.8) is 0 Å². The van der Waals surface area contributed by atoms with Gasteiger partial charge < -0.3 is 34.4 Å². The highest BCUT2D eigenvalue weighted by molar-refractivity contribution is 5.95. The lowest BCUT2D eigenvalue weighted by Gasteiger charge is -2.33. The zero-order chi connectivity index (χ0) is 29.6. The summed E-state index contributed by atoms with van der Waals surface area (Å²) in [5.74, 6) is 1.42. The number of carbonyl (C=O) groups is 2. The van der Waals surface area contributed by atoms with Gasteiger partial charge in [-0.05, 0) is 56.7 Å². The van der Waals surface area contributed by atoms with E-state index in [0.29, 0.717) is 43.4 Å². The minimum atomic E-state index is -0.846. The number of carbonyl (C=O) groups excluding carboxylic acids is 1. The molecule has 9 nitrogen and oxygen atoms in total. The summed E-state index contributed by atoms with van der Waals surface area (Å²) < 4.78 is 16.3. The van der Waals surface area contributed by atoms with Crippen molar-refractivity contribution < 1.29 is 28.9 Å². The number of hydrogen-bond donors (Lipinski definition) is 2. The van der Waals surface area contributed by atoms with Crippen molar-refractivity contribution in [3.8, 4) is 11.5 Å². The number of nitrogens with one attached hydrogen (secondary N) is 1. The first-order chi connectivity index (χ1) is 19.8. The fourth-order valence-corrected chi connectivity index (χ4v) is 5.73. The molecule has 3 fully saturated rings. The second-order valence-electron chi connectivity index (χ2n) is 11.9. The monoisotopic (exact) mass is 575 g/mol. The van der Waals surface area contributed by atoms with E-state index < -0.39 is 6.09 Å². The van der Waals surface area contributed by atoms with Gasteiger partial charge in [-0.25, -0.2) is 4.79 Å². The minimum Gasteiger partial charge on any atom is -0.493 e. The van der Waals surface area contributed by atoms with Crippen LogP contribution in [-0.2, 0) is 4.74 Å². The van der Waals surface area contributed by atoms with Crippen molar-refractivity contribution in [1.82, 2.24) is 15.1 Å². The molecule has 4 rings (SSSR count). The molecule has 0 radical (unpaired) electrons. The number of benzene rings is 1.